The topological polar surface area (TPSA) is 49.4 Å². The van der Waals surface area contributed by atoms with Crippen molar-refractivity contribution >= 4 is 9.84 Å². The molecule has 0 aliphatic carbocycles. The second-order valence-corrected chi connectivity index (χ2v) is 9.59. The summed E-state index contributed by atoms with van der Waals surface area (Å²) in [4.78, 5) is 2.57. The van der Waals surface area contributed by atoms with E-state index in [1.807, 2.05) is 0 Å². The molecule has 3 heterocycles. The quantitative estimate of drug-likeness (QED) is 0.843. The van der Waals surface area contributed by atoms with Crippen molar-refractivity contribution in [2.45, 2.75) is 81.7 Å². The van der Waals surface area contributed by atoms with E-state index in [2.05, 4.69) is 17.1 Å². The first kappa shape index (κ1) is 15.8. The zero-order valence-electron chi connectivity index (χ0n) is 13.3. The van der Waals surface area contributed by atoms with E-state index in [1.54, 1.807) is 0 Å². The maximum Gasteiger partial charge on any atom is 0.154 e. The summed E-state index contributed by atoms with van der Waals surface area (Å²) in [6.45, 7) is 4.13. The van der Waals surface area contributed by atoms with Crippen LogP contribution in [0.25, 0.3) is 0 Å². The fourth-order valence-electron chi connectivity index (χ4n) is 4.59. The largest absolute Gasteiger partial charge is 0.314 e. The predicted molar refractivity (Wildman–Crippen MR) is 86.3 cm³/mol. The Morgan fingerprint density at radius 3 is 2.38 bits per heavy atom. The van der Waals surface area contributed by atoms with Crippen LogP contribution in [0.4, 0.5) is 0 Å². The minimum atomic E-state index is -2.80. The first-order chi connectivity index (χ1) is 10.1. The van der Waals surface area contributed by atoms with Gasteiger partial charge in [0.25, 0.3) is 0 Å². The fourth-order valence-corrected chi connectivity index (χ4v) is 6.42. The first-order valence-electron chi connectivity index (χ1n) is 8.81. The van der Waals surface area contributed by atoms with Crippen molar-refractivity contribution < 1.29 is 8.42 Å². The van der Waals surface area contributed by atoms with Crippen LogP contribution in [-0.2, 0) is 9.84 Å². The average Bonchev–Trinajstić information content (AvgIpc) is 2.76. The number of sulfone groups is 1. The maximum atomic E-state index is 12.1. The number of nitrogens with one attached hydrogen (secondary N) is 1. The number of piperidine rings is 2. The molecular formula is C16H30N2O2S. The van der Waals surface area contributed by atoms with E-state index < -0.39 is 9.84 Å². The van der Waals surface area contributed by atoms with Crippen LogP contribution >= 0.6 is 0 Å². The van der Waals surface area contributed by atoms with Crippen molar-refractivity contribution in [1.29, 1.82) is 0 Å². The van der Waals surface area contributed by atoms with Gasteiger partial charge in [0.1, 0.15) is 0 Å². The Kier molecular flexibility index (Phi) is 4.91. The molecule has 0 aromatic rings. The molecule has 3 unspecified atom stereocenters. The van der Waals surface area contributed by atoms with Crippen molar-refractivity contribution in [3.63, 3.8) is 0 Å². The Balaban J connectivity index is 1.64. The van der Waals surface area contributed by atoms with E-state index in [1.165, 1.54) is 38.5 Å². The molecule has 1 N–H and O–H groups in total. The van der Waals surface area contributed by atoms with Crippen molar-refractivity contribution in [2.75, 3.05) is 18.8 Å². The monoisotopic (exact) mass is 314 g/mol. The lowest BCUT2D eigenvalue weighted by Gasteiger charge is -2.49. The van der Waals surface area contributed by atoms with Gasteiger partial charge in [-0.3, -0.25) is 4.90 Å². The molecular weight excluding hydrogens is 284 g/mol. The molecule has 0 aromatic heterocycles. The molecule has 3 fully saturated rings. The molecule has 0 aromatic carbocycles. The third kappa shape index (κ3) is 3.45. The second kappa shape index (κ2) is 6.55. The Labute approximate surface area is 129 Å². The number of hydrogen-bond acceptors (Lipinski definition) is 4. The summed E-state index contributed by atoms with van der Waals surface area (Å²) < 4.78 is 24.2. The molecule has 0 amide bonds. The number of hydrogen-bond donors (Lipinski definition) is 1. The summed E-state index contributed by atoms with van der Waals surface area (Å²) in [5, 5.41) is 3.60. The number of rotatable bonds is 5. The second-order valence-electron chi connectivity index (χ2n) is 7.19. The molecule has 3 aliphatic rings. The highest BCUT2D eigenvalue weighted by atomic mass is 32.2. The van der Waals surface area contributed by atoms with E-state index in [0.29, 0.717) is 23.9 Å². The molecule has 3 atom stereocenters. The van der Waals surface area contributed by atoms with Gasteiger partial charge in [-0.25, -0.2) is 8.42 Å². The summed E-state index contributed by atoms with van der Waals surface area (Å²) in [7, 11) is -2.80. The van der Waals surface area contributed by atoms with Crippen LogP contribution in [0.3, 0.4) is 0 Å². The van der Waals surface area contributed by atoms with E-state index in [-0.39, 0.29) is 5.25 Å². The Morgan fingerprint density at radius 2 is 1.81 bits per heavy atom. The van der Waals surface area contributed by atoms with Gasteiger partial charge in [0.05, 0.1) is 11.0 Å². The average molecular weight is 314 g/mol. The summed E-state index contributed by atoms with van der Waals surface area (Å²) >= 11 is 0. The normalized spacial score (nSPS) is 39.5. The van der Waals surface area contributed by atoms with Crippen LogP contribution in [0.1, 0.15) is 58.3 Å². The van der Waals surface area contributed by atoms with Gasteiger partial charge in [-0.15, -0.1) is 0 Å². The lowest BCUT2D eigenvalue weighted by molar-refractivity contribution is 0.0246. The lowest BCUT2D eigenvalue weighted by Crippen LogP contribution is -2.58. The summed E-state index contributed by atoms with van der Waals surface area (Å²) in [6.07, 6.45) is 9.21. The van der Waals surface area contributed by atoms with Crippen LogP contribution in [0, 0.1) is 0 Å². The highest BCUT2D eigenvalue weighted by Crippen LogP contribution is 2.35. The molecule has 3 saturated heterocycles. The van der Waals surface area contributed by atoms with E-state index in [0.717, 1.165) is 25.9 Å². The van der Waals surface area contributed by atoms with Crippen molar-refractivity contribution in [2.24, 2.45) is 0 Å². The minimum Gasteiger partial charge on any atom is -0.314 e. The van der Waals surface area contributed by atoms with Crippen molar-refractivity contribution in [3.8, 4) is 0 Å². The summed E-state index contributed by atoms with van der Waals surface area (Å²) in [5.41, 5.74) is 0. The Hall–Kier alpha value is -0.130. The molecule has 0 saturated carbocycles. The molecule has 0 radical (unpaired) electrons. The number of nitrogens with zero attached hydrogens (tertiary/aromatic N) is 1. The van der Waals surface area contributed by atoms with Gasteiger partial charge in [-0.1, -0.05) is 13.3 Å². The molecule has 0 spiro atoms. The Bertz CT molecular complexity index is 437. The van der Waals surface area contributed by atoms with Crippen LogP contribution < -0.4 is 5.32 Å². The lowest BCUT2D eigenvalue weighted by atomic mass is 9.81. The molecule has 21 heavy (non-hydrogen) atoms. The first-order valence-corrected chi connectivity index (χ1v) is 10.5. The van der Waals surface area contributed by atoms with Crippen molar-refractivity contribution in [3.05, 3.63) is 0 Å². The SMILES string of the molecule is CCCNC1CC2CCCC(C1)N2CC1CCCS1(=O)=O. The highest BCUT2D eigenvalue weighted by Gasteiger charge is 2.41. The smallest absolute Gasteiger partial charge is 0.154 e. The van der Waals surface area contributed by atoms with Gasteiger partial charge in [-0.2, -0.15) is 0 Å². The van der Waals surface area contributed by atoms with Crippen LogP contribution in [0.5, 0.6) is 0 Å². The third-order valence-corrected chi connectivity index (χ3v) is 7.94. The zero-order chi connectivity index (χ0) is 14.9. The highest BCUT2D eigenvalue weighted by molar-refractivity contribution is 7.92. The molecule has 4 nitrogen and oxygen atoms in total. The van der Waals surface area contributed by atoms with E-state index in [4.69, 9.17) is 0 Å². The Morgan fingerprint density at radius 1 is 1.10 bits per heavy atom. The standard InChI is InChI=1S/C16H30N2O2S/c1-2-8-17-13-10-14-5-3-6-15(11-13)18(14)12-16-7-4-9-21(16,19)20/h13-17H,2-12H2,1H3. The minimum absolute atomic E-state index is 0.0826. The van der Waals surface area contributed by atoms with E-state index >= 15 is 0 Å². The zero-order valence-corrected chi connectivity index (χ0v) is 14.1. The number of fused-ring (bicyclic) bond motifs is 2. The van der Waals surface area contributed by atoms with Gasteiger partial charge in [-0.05, 0) is 51.5 Å². The van der Waals surface area contributed by atoms with Gasteiger partial charge in [0.2, 0.25) is 0 Å². The van der Waals surface area contributed by atoms with E-state index in [9.17, 15) is 8.42 Å². The molecule has 5 heteroatoms. The van der Waals surface area contributed by atoms with Crippen LogP contribution in [0.2, 0.25) is 0 Å². The molecule has 3 aliphatic heterocycles. The van der Waals surface area contributed by atoms with Crippen molar-refractivity contribution in [1.82, 2.24) is 10.2 Å². The van der Waals surface area contributed by atoms with Crippen LogP contribution in [0.15, 0.2) is 0 Å². The van der Waals surface area contributed by atoms with Crippen LogP contribution in [-0.4, -0.2) is 55.5 Å². The van der Waals surface area contributed by atoms with Gasteiger partial charge in [0.15, 0.2) is 9.84 Å². The molecule has 2 bridgehead atoms. The predicted octanol–water partition coefficient (Wildman–Crippen LogP) is 1.95. The fraction of sp³-hybridized carbons (Fsp3) is 1.00. The summed E-state index contributed by atoms with van der Waals surface area (Å²) in [6, 6.07) is 1.88. The maximum absolute atomic E-state index is 12.1. The third-order valence-electron chi connectivity index (χ3n) is 5.69. The van der Waals surface area contributed by atoms with Gasteiger partial charge in [0, 0.05) is 24.7 Å². The molecule has 3 rings (SSSR count). The molecule has 122 valence electrons. The summed E-state index contributed by atoms with van der Waals surface area (Å²) in [5.74, 6) is 0.418. The van der Waals surface area contributed by atoms with Gasteiger partial charge < -0.3 is 5.32 Å². The van der Waals surface area contributed by atoms with Gasteiger partial charge >= 0.3 is 0 Å².